The Balaban J connectivity index is 1.50. The number of carbonyl (C=O) groups excluding carboxylic acids is 2. The van der Waals surface area contributed by atoms with E-state index in [0.29, 0.717) is 30.3 Å². The Hall–Kier alpha value is -3.71. The van der Waals surface area contributed by atoms with Crippen molar-refractivity contribution in [3.05, 3.63) is 83.7 Å². The van der Waals surface area contributed by atoms with Crippen LogP contribution in [0.5, 0.6) is 5.75 Å². The number of ether oxygens (including phenoxy) is 1. The summed E-state index contributed by atoms with van der Waals surface area (Å²) in [5.41, 5.74) is 3.93. The number of pyridine rings is 1. The Kier molecular flexibility index (Phi) is 7.93. The molecule has 0 saturated heterocycles. The van der Waals surface area contributed by atoms with Gasteiger partial charge in [0.1, 0.15) is 17.8 Å². The molecule has 194 valence electrons. The monoisotopic (exact) mass is 500 g/mol. The number of nitrogens with one attached hydrogen (secondary N) is 1. The van der Waals surface area contributed by atoms with E-state index in [1.54, 1.807) is 43.9 Å². The summed E-state index contributed by atoms with van der Waals surface area (Å²) < 4.78 is 6.26. The lowest BCUT2D eigenvalue weighted by Gasteiger charge is -2.25. The fourth-order valence-corrected chi connectivity index (χ4v) is 4.72. The molecule has 2 amide bonds. The number of fused-ring (bicyclic) bond motifs is 1. The molecular formula is C30H36N4O3. The first-order chi connectivity index (χ1) is 17.7. The minimum atomic E-state index is -1.14. The molecule has 0 fully saturated rings. The topological polar surface area (TPSA) is 74.8 Å². The predicted octanol–water partition coefficient (Wildman–Crippen LogP) is 4.53. The van der Waals surface area contributed by atoms with E-state index < -0.39 is 5.41 Å². The lowest BCUT2D eigenvalue weighted by atomic mass is 9.90. The average Bonchev–Trinajstić information content (AvgIpc) is 2.95. The highest BCUT2D eigenvalue weighted by atomic mass is 16.5. The lowest BCUT2D eigenvalue weighted by molar-refractivity contribution is -0.137. The number of amides is 2. The van der Waals surface area contributed by atoms with E-state index in [4.69, 9.17) is 4.74 Å². The molecule has 7 heteroatoms. The third kappa shape index (κ3) is 5.83. The molecular weight excluding hydrogens is 464 g/mol. The number of hydrogen-bond acceptors (Lipinski definition) is 5. The molecule has 2 aromatic carbocycles. The number of aromatic nitrogens is 1. The molecule has 1 aliphatic heterocycles. The third-order valence-corrected chi connectivity index (χ3v) is 7.14. The molecule has 0 bridgehead atoms. The molecule has 1 N–H and O–H groups in total. The van der Waals surface area contributed by atoms with Crippen LogP contribution in [-0.4, -0.2) is 43.5 Å². The second-order valence-electron chi connectivity index (χ2n) is 10.2. The van der Waals surface area contributed by atoms with Gasteiger partial charge in [-0.05, 0) is 68.5 Å². The second-order valence-corrected chi connectivity index (χ2v) is 10.2. The first kappa shape index (κ1) is 26.4. The second kappa shape index (κ2) is 11.1. The van der Waals surface area contributed by atoms with Crippen molar-refractivity contribution >= 4 is 23.2 Å². The van der Waals surface area contributed by atoms with Gasteiger partial charge in [-0.3, -0.25) is 14.6 Å². The van der Waals surface area contributed by atoms with Crippen LogP contribution < -0.4 is 19.9 Å². The first-order valence-corrected chi connectivity index (χ1v) is 12.7. The van der Waals surface area contributed by atoms with Crippen LogP contribution in [0.15, 0.2) is 67.0 Å². The maximum Gasteiger partial charge on any atom is 0.241 e. The van der Waals surface area contributed by atoms with Crippen LogP contribution in [0.4, 0.5) is 11.4 Å². The van der Waals surface area contributed by atoms with E-state index in [1.165, 1.54) is 11.1 Å². The summed E-state index contributed by atoms with van der Waals surface area (Å²) in [6.07, 6.45) is 5.48. The fourth-order valence-electron chi connectivity index (χ4n) is 4.72. The van der Waals surface area contributed by atoms with Crippen LogP contribution in [0.25, 0.3) is 0 Å². The summed E-state index contributed by atoms with van der Waals surface area (Å²) in [4.78, 5) is 33.3. The van der Waals surface area contributed by atoms with Crippen LogP contribution in [-0.2, 0) is 22.6 Å². The van der Waals surface area contributed by atoms with Crippen molar-refractivity contribution in [1.82, 2.24) is 10.3 Å². The van der Waals surface area contributed by atoms with Crippen LogP contribution >= 0.6 is 0 Å². The summed E-state index contributed by atoms with van der Waals surface area (Å²) in [6, 6.07) is 18.1. The average molecular weight is 501 g/mol. The van der Waals surface area contributed by atoms with Gasteiger partial charge >= 0.3 is 0 Å². The van der Waals surface area contributed by atoms with Crippen molar-refractivity contribution < 1.29 is 14.3 Å². The Labute approximate surface area is 219 Å². The van der Waals surface area contributed by atoms with Gasteiger partial charge in [-0.25, -0.2) is 0 Å². The fraction of sp³-hybridized carbons (Fsp3) is 0.367. The van der Waals surface area contributed by atoms with Gasteiger partial charge < -0.3 is 19.9 Å². The molecule has 2 heterocycles. The molecule has 0 aliphatic carbocycles. The zero-order chi connectivity index (χ0) is 26.6. The van der Waals surface area contributed by atoms with E-state index in [2.05, 4.69) is 47.6 Å². The van der Waals surface area contributed by atoms with E-state index >= 15 is 0 Å². The van der Waals surface area contributed by atoms with Crippen molar-refractivity contribution in [2.24, 2.45) is 5.41 Å². The van der Waals surface area contributed by atoms with Gasteiger partial charge in [-0.15, -0.1) is 0 Å². The van der Waals surface area contributed by atoms with Crippen LogP contribution in [0.1, 0.15) is 37.0 Å². The summed E-state index contributed by atoms with van der Waals surface area (Å²) in [7, 11) is 3.42. The highest BCUT2D eigenvalue weighted by molar-refractivity contribution is 6.19. The predicted molar refractivity (Wildman–Crippen MR) is 147 cm³/mol. The van der Waals surface area contributed by atoms with Gasteiger partial charge in [0, 0.05) is 45.1 Å². The molecule has 1 unspecified atom stereocenters. The van der Waals surface area contributed by atoms with Crippen molar-refractivity contribution in [3.8, 4) is 5.75 Å². The SMILES string of the molecule is Cc1ccccc1CCC(COc1ccc2c(c1)N(C)C(=O)C(C)(C)C(=O)N2C)NCc1cccnc1. The zero-order valence-corrected chi connectivity index (χ0v) is 22.3. The molecule has 3 aromatic rings. The van der Waals surface area contributed by atoms with Gasteiger partial charge in [0.2, 0.25) is 11.8 Å². The Morgan fingerprint density at radius 1 is 0.973 bits per heavy atom. The Bertz CT molecular complexity index is 1260. The number of benzene rings is 2. The number of carbonyl (C=O) groups is 2. The minimum absolute atomic E-state index is 0.0983. The van der Waals surface area contributed by atoms with E-state index in [-0.39, 0.29) is 17.9 Å². The highest BCUT2D eigenvalue weighted by Crippen LogP contribution is 2.39. The molecule has 7 nitrogen and oxygen atoms in total. The summed E-state index contributed by atoms with van der Waals surface area (Å²) in [6.45, 7) is 6.63. The zero-order valence-electron chi connectivity index (χ0n) is 22.3. The van der Waals surface area contributed by atoms with Gasteiger partial charge in [-0.1, -0.05) is 30.3 Å². The van der Waals surface area contributed by atoms with Crippen molar-refractivity contribution in [2.45, 2.75) is 46.2 Å². The Morgan fingerprint density at radius 2 is 1.70 bits per heavy atom. The maximum absolute atomic E-state index is 13.1. The minimum Gasteiger partial charge on any atom is -0.492 e. The number of anilines is 2. The summed E-state index contributed by atoms with van der Waals surface area (Å²) >= 11 is 0. The third-order valence-electron chi connectivity index (χ3n) is 7.14. The molecule has 0 saturated carbocycles. The number of aryl methyl sites for hydroxylation is 2. The van der Waals surface area contributed by atoms with Gasteiger partial charge in [0.05, 0.1) is 11.4 Å². The number of rotatable bonds is 9. The molecule has 37 heavy (non-hydrogen) atoms. The molecule has 1 atom stereocenters. The molecule has 0 radical (unpaired) electrons. The molecule has 4 rings (SSSR count). The normalized spacial score (nSPS) is 15.8. The van der Waals surface area contributed by atoms with Gasteiger partial charge in [-0.2, -0.15) is 0 Å². The van der Waals surface area contributed by atoms with Crippen LogP contribution in [0.2, 0.25) is 0 Å². The van der Waals surface area contributed by atoms with Gasteiger partial charge in [0.15, 0.2) is 0 Å². The molecule has 1 aliphatic rings. The molecule has 0 spiro atoms. The standard InChI is InChI=1S/C30H36N4O3/c1-21-9-6-7-11-23(21)12-13-24(32-19-22-10-8-16-31-18-22)20-37-25-14-15-26-27(17-25)34(5)29(36)30(2,3)28(35)33(26)4/h6-11,14-18,24,32H,12-13,19-20H2,1-5H3. The smallest absolute Gasteiger partial charge is 0.241 e. The van der Waals surface area contributed by atoms with Crippen LogP contribution in [0.3, 0.4) is 0 Å². The van der Waals surface area contributed by atoms with E-state index in [0.717, 1.165) is 18.4 Å². The van der Waals surface area contributed by atoms with Gasteiger partial charge in [0.25, 0.3) is 0 Å². The van der Waals surface area contributed by atoms with E-state index in [1.807, 2.05) is 30.5 Å². The van der Waals surface area contributed by atoms with Crippen molar-refractivity contribution in [2.75, 3.05) is 30.5 Å². The maximum atomic E-state index is 13.1. The highest BCUT2D eigenvalue weighted by Gasteiger charge is 2.44. The van der Waals surface area contributed by atoms with Crippen LogP contribution in [0, 0.1) is 12.3 Å². The summed E-state index contributed by atoms with van der Waals surface area (Å²) in [5.74, 6) is 0.185. The number of nitrogens with zero attached hydrogens (tertiary/aromatic N) is 3. The quantitative estimate of drug-likeness (QED) is 0.437. The summed E-state index contributed by atoms with van der Waals surface area (Å²) in [5, 5.41) is 3.63. The lowest BCUT2D eigenvalue weighted by Crippen LogP contribution is -2.46. The Morgan fingerprint density at radius 3 is 2.41 bits per heavy atom. The van der Waals surface area contributed by atoms with Crippen molar-refractivity contribution in [1.29, 1.82) is 0 Å². The molecule has 1 aromatic heterocycles. The van der Waals surface area contributed by atoms with Crippen molar-refractivity contribution in [3.63, 3.8) is 0 Å². The largest absolute Gasteiger partial charge is 0.492 e. The number of hydrogen-bond donors (Lipinski definition) is 1. The van der Waals surface area contributed by atoms with E-state index in [9.17, 15) is 9.59 Å². The first-order valence-electron chi connectivity index (χ1n) is 12.7.